The predicted octanol–water partition coefficient (Wildman–Crippen LogP) is 3.39. The Kier molecular flexibility index (Phi) is 8.46. The molecular weight excluding hydrogens is 529 g/mol. The van der Waals surface area contributed by atoms with Crippen LogP contribution < -0.4 is 26.6 Å². The van der Waals surface area contributed by atoms with Crippen LogP contribution >= 0.6 is 24.0 Å². The molecule has 1 aromatic heterocycles. The standard InChI is InChI=1S/C27H28ClN5O4.ClH/c1-2-32-24-8-6-19(9-21(24)26(35)33(27(32)36)14-16-3-4-16)31-25(34)22-13-30-12-18(22)15-37-20-7-5-17(11-29)23(28)10-20;/h5-10,16,18,22,30H,2-4,12-15H2,1H3,(H,31,34);1H/t18-,22-;/m1./s1. The second-order valence-electron chi connectivity index (χ2n) is 9.70. The molecule has 2 fully saturated rings. The van der Waals surface area contributed by atoms with Crippen LogP contribution in [0.25, 0.3) is 10.9 Å². The quantitative estimate of drug-likeness (QED) is 0.438. The van der Waals surface area contributed by atoms with Crippen molar-refractivity contribution >= 4 is 46.5 Å². The second-order valence-corrected chi connectivity index (χ2v) is 10.1. The summed E-state index contributed by atoms with van der Waals surface area (Å²) in [7, 11) is 0. The van der Waals surface area contributed by atoms with Crippen molar-refractivity contribution < 1.29 is 9.53 Å². The van der Waals surface area contributed by atoms with Gasteiger partial charge in [-0.25, -0.2) is 4.79 Å². The largest absolute Gasteiger partial charge is 0.493 e. The number of nitriles is 1. The number of aromatic nitrogens is 2. The summed E-state index contributed by atoms with van der Waals surface area (Å²) < 4.78 is 8.81. The first-order chi connectivity index (χ1) is 17.9. The van der Waals surface area contributed by atoms with Crippen LogP contribution in [0, 0.1) is 29.1 Å². The molecule has 38 heavy (non-hydrogen) atoms. The molecule has 1 amide bonds. The molecule has 0 radical (unpaired) electrons. The highest BCUT2D eigenvalue weighted by Crippen LogP contribution is 2.30. The molecule has 0 bridgehead atoms. The van der Waals surface area contributed by atoms with E-state index in [-0.39, 0.29) is 41.4 Å². The lowest BCUT2D eigenvalue weighted by atomic mass is 9.96. The molecular formula is C27H29Cl2N5O4. The lowest BCUT2D eigenvalue weighted by Crippen LogP contribution is -2.40. The van der Waals surface area contributed by atoms with E-state index in [4.69, 9.17) is 21.6 Å². The molecule has 2 N–H and O–H groups in total. The molecule has 1 saturated carbocycles. The summed E-state index contributed by atoms with van der Waals surface area (Å²) in [4.78, 5) is 39.3. The Balaban J connectivity index is 0.00000336. The Labute approximate surface area is 230 Å². The number of hydrogen-bond donors (Lipinski definition) is 2. The van der Waals surface area contributed by atoms with Gasteiger partial charge in [0.25, 0.3) is 5.56 Å². The van der Waals surface area contributed by atoms with Gasteiger partial charge in [-0.3, -0.25) is 18.7 Å². The minimum atomic E-state index is -0.333. The number of amides is 1. The number of halogens is 2. The van der Waals surface area contributed by atoms with Crippen LogP contribution in [0.4, 0.5) is 5.69 Å². The fourth-order valence-corrected chi connectivity index (χ4v) is 5.07. The van der Waals surface area contributed by atoms with Gasteiger partial charge in [-0.05, 0) is 56.0 Å². The first-order valence-electron chi connectivity index (χ1n) is 12.5. The number of fused-ring (bicyclic) bond motifs is 1. The minimum Gasteiger partial charge on any atom is -0.493 e. The van der Waals surface area contributed by atoms with Gasteiger partial charge < -0.3 is 15.4 Å². The van der Waals surface area contributed by atoms with Crippen molar-refractivity contribution in [3.05, 3.63) is 67.8 Å². The summed E-state index contributed by atoms with van der Waals surface area (Å²) >= 11 is 6.09. The third kappa shape index (κ3) is 5.58. The smallest absolute Gasteiger partial charge is 0.331 e. The lowest BCUT2D eigenvalue weighted by molar-refractivity contribution is -0.120. The van der Waals surface area contributed by atoms with Crippen molar-refractivity contribution in [1.29, 1.82) is 5.26 Å². The second kappa shape index (κ2) is 11.6. The number of aryl methyl sites for hydroxylation is 1. The highest BCUT2D eigenvalue weighted by molar-refractivity contribution is 6.31. The summed E-state index contributed by atoms with van der Waals surface area (Å²) in [5, 5.41) is 16.0. The Morgan fingerprint density at radius 1 is 1.18 bits per heavy atom. The number of ether oxygens (including phenoxy) is 1. The van der Waals surface area contributed by atoms with Gasteiger partial charge in [-0.1, -0.05) is 11.6 Å². The van der Waals surface area contributed by atoms with Gasteiger partial charge in [-0.2, -0.15) is 5.26 Å². The molecule has 200 valence electrons. The number of hydrogen-bond acceptors (Lipinski definition) is 6. The number of benzene rings is 2. The molecule has 2 aliphatic rings. The molecule has 2 aromatic carbocycles. The first-order valence-corrected chi connectivity index (χ1v) is 12.9. The van der Waals surface area contributed by atoms with E-state index in [0.29, 0.717) is 71.6 Å². The van der Waals surface area contributed by atoms with Crippen molar-refractivity contribution in [1.82, 2.24) is 14.5 Å². The van der Waals surface area contributed by atoms with E-state index in [1.54, 1.807) is 41.0 Å². The van der Waals surface area contributed by atoms with E-state index < -0.39 is 0 Å². The molecule has 11 heteroatoms. The van der Waals surface area contributed by atoms with Gasteiger partial charge in [0.15, 0.2) is 0 Å². The van der Waals surface area contributed by atoms with E-state index in [0.717, 1.165) is 12.8 Å². The van der Waals surface area contributed by atoms with Gasteiger partial charge in [0.1, 0.15) is 11.8 Å². The first kappa shape index (κ1) is 27.7. The fraction of sp³-hybridized carbons (Fsp3) is 0.407. The maximum Gasteiger partial charge on any atom is 0.331 e. The number of nitrogens with zero attached hydrogens (tertiary/aromatic N) is 3. The average Bonchev–Trinajstić information content (AvgIpc) is 3.59. The van der Waals surface area contributed by atoms with E-state index in [2.05, 4.69) is 10.6 Å². The fourth-order valence-electron chi connectivity index (χ4n) is 4.86. The van der Waals surface area contributed by atoms with Gasteiger partial charge in [0, 0.05) is 43.9 Å². The molecule has 5 rings (SSSR count). The van der Waals surface area contributed by atoms with Crippen LogP contribution in [0.1, 0.15) is 25.3 Å². The Bertz CT molecular complexity index is 1520. The van der Waals surface area contributed by atoms with E-state index in [1.807, 2.05) is 13.0 Å². The Morgan fingerprint density at radius 3 is 2.66 bits per heavy atom. The Morgan fingerprint density at radius 2 is 1.97 bits per heavy atom. The number of carbonyl (C=O) groups is 1. The maximum absolute atomic E-state index is 13.2. The van der Waals surface area contributed by atoms with Crippen molar-refractivity contribution in [3.63, 3.8) is 0 Å². The number of nitrogens with one attached hydrogen (secondary N) is 2. The molecule has 9 nitrogen and oxygen atoms in total. The van der Waals surface area contributed by atoms with E-state index in [9.17, 15) is 14.4 Å². The van der Waals surface area contributed by atoms with Gasteiger partial charge in [0.05, 0.1) is 34.0 Å². The van der Waals surface area contributed by atoms with Crippen LogP contribution in [0.5, 0.6) is 5.75 Å². The van der Waals surface area contributed by atoms with E-state index >= 15 is 0 Å². The molecule has 0 unspecified atom stereocenters. The zero-order valence-electron chi connectivity index (χ0n) is 20.9. The van der Waals surface area contributed by atoms with Crippen LogP contribution in [0.15, 0.2) is 46.0 Å². The normalized spacial score (nSPS) is 18.6. The molecule has 0 spiro atoms. The zero-order chi connectivity index (χ0) is 26.1. The van der Waals surface area contributed by atoms with Crippen molar-refractivity contribution in [2.45, 2.75) is 32.9 Å². The minimum absolute atomic E-state index is 0. The summed E-state index contributed by atoms with van der Waals surface area (Å²) in [6.07, 6.45) is 2.06. The third-order valence-corrected chi connectivity index (χ3v) is 7.46. The highest BCUT2D eigenvalue weighted by atomic mass is 35.5. The molecule has 1 saturated heterocycles. The van der Waals surface area contributed by atoms with E-state index in [1.165, 1.54) is 4.57 Å². The number of rotatable bonds is 8. The van der Waals surface area contributed by atoms with Crippen molar-refractivity contribution in [2.75, 3.05) is 25.0 Å². The third-order valence-electron chi connectivity index (χ3n) is 7.15. The van der Waals surface area contributed by atoms with Gasteiger partial charge in [-0.15, -0.1) is 12.4 Å². The monoisotopic (exact) mass is 557 g/mol. The number of anilines is 1. The van der Waals surface area contributed by atoms with Gasteiger partial charge in [0.2, 0.25) is 5.91 Å². The highest BCUT2D eigenvalue weighted by Gasteiger charge is 2.33. The SMILES string of the molecule is CCn1c(=O)n(CC2CC2)c(=O)c2cc(NC(=O)[C@@H]3CNC[C@@H]3COc3ccc(C#N)c(Cl)c3)ccc21.Cl. The topological polar surface area (TPSA) is 118 Å². The molecule has 2 heterocycles. The summed E-state index contributed by atoms with van der Waals surface area (Å²) in [6.45, 7) is 4.19. The van der Waals surface area contributed by atoms with Crippen LogP contribution in [0.3, 0.4) is 0 Å². The van der Waals surface area contributed by atoms with Gasteiger partial charge >= 0.3 is 5.69 Å². The zero-order valence-corrected chi connectivity index (χ0v) is 22.5. The lowest BCUT2D eigenvalue weighted by Gasteiger charge is -2.19. The molecule has 1 aliphatic heterocycles. The summed E-state index contributed by atoms with van der Waals surface area (Å²) in [5.74, 6) is 0.342. The van der Waals surface area contributed by atoms with Crippen molar-refractivity contribution in [3.8, 4) is 11.8 Å². The molecule has 3 aromatic rings. The summed E-state index contributed by atoms with van der Waals surface area (Å²) in [5.41, 5.74) is 0.853. The van der Waals surface area contributed by atoms with Crippen LogP contribution in [-0.2, 0) is 17.9 Å². The Hall–Kier alpha value is -3.32. The average molecular weight is 558 g/mol. The predicted molar refractivity (Wildman–Crippen MR) is 148 cm³/mol. The molecule has 2 atom stereocenters. The molecule has 1 aliphatic carbocycles. The van der Waals surface area contributed by atoms with Crippen LogP contribution in [-0.4, -0.2) is 34.7 Å². The summed E-state index contributed by atoms with van der Waals surface area (Å²) in [6, 6.07) is 12.0. The van der Waals surface area contributed by atoms with Crippen molar-refractivity contribution in [2.24, 2.45) is 17.8 Å². The maximum atomic E-state index is 13.2. The van der Waals surface area contributed by atoms with Crippen LogP contribution in [0.2, 0.25) is 5.02 Å². The number of carbonyl (C=O) groups excluding carboxylic acids is 1.